The minimum Gasteiger partial charge on any atom is -0.493 e. The largest absolute Gasteiger partial charge is 0.493 e. The average Bonchev–Trinajstić information content (AvgIpc) is 3.01. The van der Waals surface area contributed by atoms with Crippen molar-refractivity contribution in [1.82, 2.24) is 4.90 Å². The molecule has 0 spiro atoms. The number of hydrogen-bond acceptors (Lipinski definition) is 4. The maximum Gasteiger partial charge on any atom is 0.226 e. The summed E-state index contributed by atoms with van der Waals surface area (Å²) >= 11 is 0. The smallest absolute Gasteiger partial charge is 0.226 e. The van der Waals surface area contributed by atoms with E-state index in [1.54, 1.807) is 21.3 Å². The van der Waals surface area contributed by atoms with E-state index < -0.39 is 0 Å². The fraction of sp³-hybridized carbons (Fsp3) is 0.381. The van der Waals surface area contributed by atoms with Gasteiger partial charge in [-0.25, -0.2) is 0 Å². The maximum absolute atomic E-state index is 12.8. The first kappa shape index (κ1) is 18.1. The summed E-state index contributed by atoms with van der Waals surface area (Å²) < 4.78 is 16.2. The van der Waals surface area contributed by atoms with Crippen molar-refractivity contribution in [2.75, 3.05) is 27.9 Å². The molecule has 1 atom stereocenters. The second-order valence-electron chi connectivity index (χ2n) is 6.47. The Kier molecular flexibility index (Phi) is 5.66. The van der Waals surface area contributed by atoms with Crippen molar-refractivity contribution in [3.8, 4) is 17.2 Å². The highest BCUT2D eigenvalue weighted by Gasteiger charge is 2.31. The number of likely N-dealkylation sites (tertiary alicyclic amines) is 1. The van der Waals surface area contributed by atoms with Gasteiger partial charge in [0, 0.05) is 19.0 Å². The molecule has 1 unspecified atom stereocenters. The van der Waals surface area contributed by atoms with Gasteiger partial charge in [-0.1, -0.05) is 30.3 Å². The van der Waals surface area contributed by atoms with Gasteiger partial charge < -0.3 is 19.1 Å². The van der Waals surface area contributed by atoms with Crippen LogP contribution in [0.15, 0.2) is 42.5 Å². The molecule has 0 N–H and O–H groups in total. The highest BCUT2D eigenvalue weighted by Crippen LogP contribution is 2.38. The van der Waals surface area contributed by atoms with Crippen LogP contribution in [0.1, 0.15) is 17.5 Å². The van der Waals surface area contributed by atoms with Crippen LogP contribution >= 0.6 is 0 Å². The molecule has 2 aromatic carbocycles. The zero-order valence-corrected chi connectivity index (χ0v) is 15.5. The molecule has 0 bridgehead atoms. The molecule has 1 amide bonds. The zero-order chi connectivity index (χ0) is 18.5. The van der Waals surface area contributed by atoms with Crippen LogP contribution in [0.4, 0.5) is 0 Å². The Hall–Kier alpha value is -2.69. The van der Waals surface area contributed by atoms with Gasteiger partial charge in [-0.15, -0.1) is 0 Å². The molecule has 2 aromatic rings. The molecule has 1 saturated heterocycles. The SMILES string of the molecule is COc1cc(CN2CCC(Cc3ccccc3)C2=O)cc(OC)c1OC. The van der Waals surface area contributed by atoms with Gasteiger partial charge in [0.05, 0.1) is 21.3 Å². The van der Waals surface area contributed by atoms with Crippen LogP contribution in [0.5, 0.6) is 17.2 Å². The summed E-state index contributed by atoms with van der Waals surface area (Å²) in [5.74, 6) is 2.04. The summed E-state index contributed by atoms with van der Waals surface area (Å²) in [6, 6.07) is 14.0. The van der Waals surface area contributed by atoms with Crippen LogP contribution in [0, 0.1) is 5.92 Å². The lowest BCUT2D eigenvalue weighted by atomic mass is 9.98. The van der Waals surface area contributed by atoms with Crippen LogP contribution in [-0.4, -0.2) is 38.7 Å². The number of methoxy groups -OCH3 is 3. The molecule has 26 heavy (non-hydrogen) atoms. The predicted octanol–water partition coefficient (Wildman–Crippen LogP) is 3.30. The molecule has 1 aliphatic rings. The van der Waals surface area contributed by atoms with Crippen molar-refractivity contribution < 1.29 is 19.0 Å². The van der Waals surface area contributed by atoms with Gasteiger partial charge >= 0.3 is 0 Å². The van der Waals surface area contributed by atoms with E-state index in [0.717, 1.165) is 24.9 Å². The van der Waals surface area contributed by atoms with E-state index in [0.29, 0.717) is 23.8 Å². The molecular weight excluding hydrogens is 330 g/mol. The molecule has 0 aromatic heterocycles. The first-order valence-corrected chi connectivity index (χ1v) is 8.77. The summed E-state index contributed by atoms with van der Waals surface area (Å²) in [5.41, 5.74) is 2.17. The lowest BCUT2D eigenvalue weighted by Crippen LogP contribution is -2.27. The third kappa shape index (κ3) is 3.77. The third-order valence-corrected chi connectivity index (χ3v) is 4.83. The number of carbonyl (C=O) groups excluding carboxylic acids is 1. The molecule has 138 valence electrons. The Bertz CT molecular complexity index is 735. The first-order chi connectivity index (χ1) is 12.7. The molecular formula is C21H25NO4. The standard InChI is InChI=1S/C21H25NO4/c1-24-18-12-16(13-19(25-2)20(18)26-3)14-22-10-9-17(21(22)23)11-15-7-5-4-6-8-15/h4-8,12-13,17H,9-11,14H2,1-3H3. The number of carbonyl (C=O) groups is 1. The number of nitrogens with zero attached hydrogens (tertiary/aromatic N) is 1. The minimum atomic E-state index is 0.0550. The molecule has 0 aliphatic carbocycles. The first-order valence-electron chi connectivity index (χ1n) is 8.77. The van der Waals surface area contributed by atoms with Crippen LogP contribution < -0.4 is 14.2 Å². The van der Waals surface area contributed by atoms with E-state index in [1.807, 2.05) is 35.2 Å². The molecule has 1 heterocycles. The molecule has 0 radical (unpaired) electrons. The van der Waals surface area contributed by atoms with E-state index in [1.165, 1.54) is 5.56 Å². The lowest BCUT2D eigenvalue weighted by Gasteiger charge is -2.19. The molecule has 5 heteroatoms. The Morgan fingerprint density at radius 2 is 1.62 bits per heavy atom. The van der Waals surface area contributed by atoms with Crippen molar-refractivity contribution in [2.45, 2.75) is 19.4 Å². The van der Waals surface area contributed by atoms with E-state index in [4.69, 9.17) is 14.2 Å². The van der Waals surface area contributed by atoms with Crippen molar-refractivity contribution >= 4 is 5.91 Å². The molecule has 1 aliphatic heterocycles. The van der Waals surface area contributed by atoms with Crippen molar-refractivity contribution in [3.63, 3.8) is 0 Å². The van der Waals surface area contributed by atoms with Crippen molar-refractivity contribution in [1.29, 1.82) is 0 Å². The second-order valence-corrected chi connectivity index (χ2v) is 6.47. The fourth-order valence-corrected chi connectivity index (χ4v) is 3.50. The molecule has 3 rings (SSSR count). The van der Waals surface area contributed by atoms with E-state index in [-0.39, 0.29) is 11.8 Å². The number of amides is 1. The number of ether oxygens (including phenoxy) is 3. The average molecular weight is 355 g/mol. The van der Waals surface area contributed by atoms with Gasteiger partial charge in [-0.3, -0.25) is 4.79 Å². The third-order valence-electron chi connectivity index (χ3n) is 4.83. The Morgan fingerprint density at radius 1 is 0.962 bits per heavy atom. The fourth-order valence-electron chi connectivity index (χ4n) is 3.50. The van der Waals surface area contributed by atoms with Crippen LogP contribution in [0.2, 0.25) is 0 Å². The lowest BCUT2D eigenvalue weighted by molar-refractivity contribution is -0.131. The highest BCUT2D eigenvalue weighted by molar-refractivity contribution is 5.81. The Morgan fingerprint density at radius 3 is 2.19 bits per heavy atom. The number of rotatable bonds is 7. The summed E-state index contributed by atoms with van der Waals surface area (Å²) in [5, 5.41) is 0. The van der Waals surface area contributed by atoms with Crippen LogP contribution in [-0.2, 0) is 17.8 Å². The van der Waals surface area contributed by atoms with Gasteiger partial charge in [0.1, 0.15) is 0 Å². The summed E-state index contributed by atoms with van der Waals surface area (Å²) in [6.07, 6.45) is 1.68. The van der Waals surface area contributed by atoms with Crippen molar-refractivity contribution in [3.05, 3.63) is 53.6 Å². The summed E-state index contributed by atoms with van der Waals surface area (Å²) in [6.45, 7) is 1.31. The molecule has 5 nitrogen and oxygen atoms in total. The number of benzene rings is 2. The Balaban J connectivity index is 1.72. The molecule has 1 fully saturated rings. The normalized spacial score (nSPS) is 16.7. The van der Waals surface area contributed by atoms with Gasteiger partial charge in [0.25, 0.3) is 0 Å². The van der Waals surface area contributed by atoms with Crippen molar-refractivity contribution in [2.24, 2.45) is 5.92 Å². The van der Waals surface area contributed by atoms with Gasteiger partial charge in [0.2, 0.25) is 11.7 Å². The monoisotopic (exact) mass is 355 g/mol. The quantitative estimate of drug-likeness (QED) is 0.765. The molecule has 0 saturated carbocycles. The summed E-state index contributed by atoms with van der Waals surface area (Å²) in [7, 11) is 4.77. The van der Waals surface area contributed by atoms with Crippen LogP contribution in [0.3, 0.4) is 0 Å². The van der Waals surface area contributed by atoms with E-state index in [9.17, 15) is 4.79 Å². The van der Waals surface area contributed by atoms with Gasteiger partial charge in [0.15, 0.2) is 11.5 Å². The zero-order valence-electron chi connectivity index (χ0n) is 15.5. The topological polar surface area (TPSA) is 48.0 Å². The van der Waals surface area contributed by atoms with Crippen LogP contribution in [0.25, 0.3) is 0 Å². The number of hydrogen-bond donors (Lipinski definition) is 0. The predicted molar refractivity (Wildman–Crippen MR) is 99.8 cm³/mol. The van der Waals surface area contributed by atoms with E-state index >= 15 is 0 Å². The summed E-state index contributed by atoms with van der Waals surface area (Å²) in [4.78, 5) is 14.7. The van der Waals surface area contributed by atoms with E-state index in [2.05, 4.69) is 12.1 Å². The Labute approximate surface area is 154 Å². The maximum atomic E-state index is 12.8. The second kappa shape index (κ2) is 8.13. The van der Waals surface area contributed by atoms with Gasteiger partial charge in [-0.2, -0.15) is 0 Å². The minimum absolute atomic E-state index is 0.0550. The van der Waals surface area contributed by atoms with Gasteiger partial charge in [-0.05, 0) is 36.1 Å². The highest BCUT2D eigenvalue weighted by atomic mass is 16.5.